The fraction of sp³-hybridized carbons (Fsp3) is 0.273. The van der Waals surface area contributed by atoms with Gasteiger partial charge in [-0.3, -0.25) is 29.0 Å². The molecular weight excluding hydrogens is 840 g/mol. The molecule has 4 amide bonds. The van der Waals surface area contributed by atoms with E-state index in [-0.39, 0.29) is 41.5 Å². The molecule has 7 rings (SSSR count). The summed E-state index contributed by atoms with van der Waals surface area (Å²) in [6.45, 7) is 0. The van der Waals surface area contributed by atoms with Crippen molar-refractivity contribution < 1.29 is 29.0 Å². The molecule has 3 aromatic carbocycles. The molecule has 2 heterocycles. The van der Waals surface area contributed by atoms with Crippen LogP contribution in [0.4, 0.5) is 11.4 Å². The Hall–Kier alpha value is -2.80. The van der Waals surface area contributed by atoms with Crippen molar-refractivity contribution in [3.05, 3.63) is 89.7 Å². The van der Waals surface area contributed by atoms with E-state index in [1.165, 1.54) is 16.9 Å². The highest BCUT2D eigenvalue weighted by Crippen LogP contribution is 2.60. The minimum atomic E-state index is -0.771. The zero-order chi connectivity index (χ0) is 31.9. The van der Waals surface area contributed by atoms with Crippen molar-refractivity contribution in [3.63, 3.8) is 0 Å². The van der Waals surface area contributed by atoms with E-state index in [2.05, 4.69) is 63.7 Å². The van der Waals surface area contributed by atoms with Crippen LogP contribution in [0.2, 0.25) is 0 Å². The molecule has 0 spiro atoms. The van der Waals surface area contributed by atoms with E-state index >= 15 is 0 Å². The van der Waals surface area contributed by atoms with Gasteiger partial charge in [-0.05, 0) is 111 Å². The van der Waals surface area contributed by atoms with Crippen LogP contribution in [0.5, 0.6) is 11.5 Å². The fourth-order valence-corrected chi connectivity index (χ4v) is 9.12. The summed E-state index contributed by atoms with van der Waals surface area (Å²) >= 11 is 13.9. The first-order valence-corrected chi connectivity index (χ1v) is 17.4. The Morgan fingerprint density at radius 1 is 0.711 bits per heavy atom. The largest absolute Gasteiger partial charge is 0.503 e. The lowest BCUT2D eigenvalue weighted by Crippen LogP contribution is -2.43. The number of anilines is 2. The Bertz CT molecular complexity index is 1830. The molecule has 2 saturated heterocycles. The molecule has 230 valence electrons. The lowest BCUT2D eigenvalue weighted by Gasteiger charge is -2.44. The van der Waals surface area contributed by atoms with Crippen LogP contribution < -0.4 is 14.5 Å². The predicted octanol–water partition coefficient (Wildman–Crippen LogP) is 7.50. The molecule has 6 atom stereocenters. The second-order valence-electron chi connectivity index (χ2n) is 11.6. The second kappa shape index (κ2) is 11.5. The number of rotatable bonds is 4. The van der Waals surface area contributed by atoms with Crippen molar-refractivity contribution in [2.75, 3.05) is 16.9 Å². The van der Waals surface area contributed by atoms with E-state index in [1.807, 2.05) is 6.08 Å². The molecule has 0 bridgehead atoms. The first kappa shape index (κ1) is 30.8. The molecule has 12 heteroatoms. The SMILES string of the molecule is COc1cc(C2C3=CCC4C(=O)N(c5ccc(Br)cc5)C(=O)C4C3CC3C(=O)N(c4ccc(Br)cc4)C(=O)C32)c(Br)c(Br)c1O. The Balaban J connectivity index is 1.38. The predicted molar refractivity (Wildman–Crippen MR) is 181 cm³/mol. The third-order valence-corrected chi connectivity index (χ3v) is 12.8. The van der Waals surface area contributed by atoms with E-state index in [0.29, 0.717) is 32.3 Å². The second-order valence-corrected chi connectivity index (χ2v) is 15.1. The maximum Gasteiger partial charge on any atom is 0.238 e. The number of hydrogen-bond donors (Lipinski definition) is 1. The lowest BCUT2D eigenvalue weighted by atomic mass is 9.57. The minimum Gasteiger partial charge on any atom is -0.503 e. The van der Waals surface area contributed by atoms with E-state index in [0.717, 1.165) is 14.5 Å². The van der Waals surface area contributed by atoms with Crippen LogP contribution in [0.1, 0.15) is 24.3 Å². The van der Waals surface area contributed by atoms with E-state index in [1.54, 1.807) is 54.6 Å². The van der Waals surface area contributed by atoms with Crippen LogP contribution in [0.3, 0.4) is 0 Å². The quantitative estimate of drug-likeness (QED) is 0.216. The van der Waals surface area contributed by atoms with Crippen LogP contribution in [0.25, 0.3) is 0 Å². The number of aromatic hydroxyl groups is 1. The Kier molecular flexibility index (Phi) is 7.86. The zero-order valence-electron chi connectivity index (χ0n) is 23.5. The molecule has 3 fully saturated rings. The maximum atomic E-state index is 14.3. The average Bonchev–Trinajstić information content (AvgIpc) is 3.44. The van der Waals surface area contributed by atoms with Gasteiger partial charge < -0.3 is 9.84 Å². The molecule has 0 aromatic heterocycles. The lowest BCUT2D eigenvalue weighted by molar-refractivity contribution is -0.126. The van der Waals surface area contributed by atoms with Crippen molar-refractivity contribution >= 4 is 98.7 Å². The van der Waals surface area contributed by atoms with Gasteiger partial charge in [0.25, 0.3) is 0 Å². The highest BCUT2D eigenvalue weighted by molar-refractivity contribution is 9.13. The zero-order valence-corrected chi connectivity index (χ0v) is 29.9. The number of nitrogens with zero attached hydrogens (tertiary/aromatic N) is 2. The molecular formula is C33H24Br4N2O6. The van der Waals surface area contributed by atoms with Crippen LogP contribution in [-0.4, -0.2) is 35.8 Å². The summed E-state index contributed by atoms with van der Waals surface area (Å²) in [6, 6.07) is 15.7. The third kappa shape index (κ3) is 4.69. The van der Waals surface area contributed by atoms with Crippen molar-refractivity contribution in [1.82, 2.24) is 0 Å². The van der Waals surface area contributed by atoms with Gasteiger partial charge in [-0.25, -0.2) is 0 Å². The first-order valence-electron chi connectivity index (χ1n) is 14.2. The summed E-state index contributed by atoms with van der Waals surface area (Å²) in [5.74, 6) is -5.00. The molecule has 1 N–H and O–H groups in total. The van der Waals surface area contributed by atoms with E-state index in [4.69, 9.17) is 4.74 Å². The topological polar surface area (TPSA) is 104 Å². The van der Waals surface area contributed by atoms with Crippen LogP contribution in [0.15, 0.2) is 84.1 Å². The number of ether oxygens (including phenoxy) is 1. The van der Waals surface area contributed by atoms with Gasteiger partial charge in [0, 0.05) is 19.3 Å². The molecule has 4 aliphatic rings. The Morgan fingerprint density at radius 2 is 1.24 bits per heavy atom. The number of allylic oxidation sites excluding steroid dienone is 2. The first-order chi connectivity index (χ1) is 21.5. The number of benzene rings is 3. The average molecular weight is 864 g/mol. The standard InChI is InChI=1S/C33H24Br4N2O6/c1-45-23-13-21(27(36)28(37)29(23)40)24-18-10-11-19-25(32(43)38(30(19)41)16-6-2-14(34)3-7-16)20(18)12-22-26(24)33(44)39(31(22)42)17-8-4-15(35)5-9-17/h2-10,13,19-20,22,24-26,40H,11-12H2,1H3. The summed E-state index contributed by atoms with van der Waals surface area (Å²) in [7, 11) is 1.44. The number of imide groups is 2. The number of carbonyl (C=O) groups is 4. The summed E-state index contributed by atoms with van der Waals surface area (Å²) in [5, 5.41) is 10.7. The summed E-state index contributed by atoms with van der Waals surface area (Å²) < 4.78 is 7.99. The number of phenols is 1. The van der Waals surface area contributed by atoms with Crippen LogP contribution >= 0.6 is 63.7 Å². The molecule has 2 aliphatic heterocycles. The van der Waals surface area contributed by atoms with Gasteiger partial charge in [-0.15, -0.1) is 0 Å². The van der Waals surface area contributed by atoms with Crippen LogP contribution in [0, 0.1) is 29.6 Å². The molecule has 6 unspecified atom stereocenters. The van der Waals surface area contributed by atoms with Crippen molar-refractivity contribution in [1.29, 1.82) is 0 Å². The molecule has 2 aliphatic carbocycles. The Morgan fingerprint density at radius 3 is 1.80 bits per heavy atom. The number of hydrogen-bond acceptors (Lipinski definition) is 6. The molecule has 8 nitrogen and oxygen atoms in total. The normalized spacial score (nSPS) is 27.4. The van der Waals surface area contributed by atoms with Crippen molar-refractivity contribution in [3.8, 4) is 11.5 Å². The maximum absolute atomic E-state index is 14.3. The number of amides is 4. The third-order valence-electron chi connectivity index (χ3n) is 9.55. The summed E-state index contributed by atoms with van der Waals surface area (Å²) in [5.41, 5.74) is 2.45. The van der Waals surface area contributed by atoms with Crippen molar-refractivity contribution in [2.45, 2.75) is 18.8 Å². The van der Waals surface area contributed by atoms with E-state index < -0.39 is 35.5 Å². The fourth-order valence-electron chi connectivity index (χ4n) is 7.62. The van der Waals surface area contributed by atoms with Gasteiger partial charge in [-0.2, -0.15) is 0 Å². The van der Waals surface area contributed by atoms with Gasteiger partial charge >= 0.3 is 0 Å². The Labute approximate surface area is 292 Å². The number of fused-ring (bicyclic) bond motifs is 4. The number of phenolic OH excluding ortho intramolecular Hbond substituents is 1. The van der Waals surface area contributed by atoms with Gasteiger partial charge in [0.05, 0.1) is 46.6 Å². The van der Waals surface area contributed by atoms with Gasteiger partial charge in [0.2, 0.25) is 23.6 Å². The highest BCUT2D eigenvalue weighted by atomic mass is 79.9. The molecule has 45 heavy (non-hydrogen) atoms. The minimum absolute atomic E-state index is 0.109. The number of halogens is 4. The van der Waals surface area contributed by atoms with Gasteiger partial charge in [0.1, 0.15) is 0 Å². The van der Waals surface area contributed by atoms with Crippen molar-refractivity contribution in [2.24, 2.45) is 29.6 Å². The highest BCUT2D eigenvalue weighted by Gasteiger charge is 2.62. The smallest absolute Gasteiger partial charge is 0.238 e. The monoisotopic (exact) mass is 860 g/mol. The summed E-state index contributed by atoms with van der Waals surface area (Å²) in [6.07, 6.45) is 2.57. The van der Waals surface area contributed by atoms with E-state index in [9.17, 15) is 24.3 Å². The molecule has 3 aromatic rings. The van der Waals surface area contributed by atoms with Crippen LogP contribution in [-0.2, 0) is 19.2 Å². The summed E-state index contributed by atoms with van der Waals surface area (Å²) in [4.78, 5) is 59.0. The molecule has 1 saturated carbocycles. The number of methoxy groups -OCH3 is 1. The van der Waals surface area contributed by atoms with Gasteiger partial charge in [0.15, 0.2) is 11.5 Å². The van der Waals surface area contributed by atoms with Gasteiger partial charge in [-0.1, -0.05) is 43.5 Å². The number of carbonyl (C=O) groups excluding carboxylic acids is 4. The molecule has 0 radical (unpaired) electrons.